The summed E-state index contributed by atoms with van der Waals surface area (Å²) in [6.45, 7) is 5.12. The lowest BCUT2D eigenvalue weighted by molar-refractivity contribution is 0.101. The average Bonchev–Trinajstić information content (AvgIpc) is 2.04. The number of carbonyl (C=O) groups is 1. The lowest BCUT2D eigenvalue weighted by atomic mass is 10.1. The van der Waals surface area contributed by atoms with Gasteiger partial charge < -0.3 is 5.73 Å². The van der Waals surface area contributed by atoms with Crippen LogP contribution in [0.5, 0.6) is 0 Å². The second-order valence-corrected chi connectivity index (χ2v) is 2.60. The van der Waals surface area contributed by atoms with Gasteiger partial charge in [0.05, 0.1) is 0 Å². The fourth-order valence-electron chi connectivity index (χ4n) is 0.980. The Morgan fingerprint density at radius 3 is 2.67 bits per heavy atom. The van der Waals surface area contributed by atoms with E-state index in [0.29, 0.717) is 11.3 Å². The first-order valence-corrected chi connectivity index (χ1v) is 3.68. The molecular weight excluding hydrogens is 150 g/mol. The molecule has 0 aliphatic carbocycles. The Labute approximate surface area is 71.7 Å². The maximum absolute atomic E-state index is 10.9. The third-order valence-electron chi connectivity index (χ3n) is 1.71. The summed E-state index contributed by atoms with van der Waals surface area (Å²) in [6.07, 6.45) is 1.67. The highest BCUT2D eigenvalue weighted by molar-refractivity contribution is 5.95. The minimum absolute atomic E-state index is 0.0253. The summed E-state index contributed by atoms with van der Waals surface area (Å²) in [5, 5.41) is 0. The molecule has 0 saturated carbocycles. The molecule has 2 heteroatoms. The highest BCUT2D eigenvalue weighted by Crippen LogP contribution is 2.15. The number of ketones is 1. The van der Waals surface area contributed by atoms with E-state index >= 15 is 0 Å². The molecule has 2 nitrogen and oxygen atoms in total. The van der Waals surface area contributed by atoms with Crippen LogP contribution in [0.2, 0.25) is 0 Å². The minimum atomic E-state index is 0.0253. The van der Waals surface area contributed by atoms with Crippen molar-refractivity contribution in [2.45, 2.75) is 6.92 Å². The molecular formula is C10H11NO. The first-order valence-electron chi connectivity index (χ1n) is 3.68. The van der Waals surface area contributed by atoms with Gasteiger partial charge in [0.15, 0.2) is 5.78 Å². The Morgan fingerprint density at radius 2 is 2.25 bits per heavy atom. The molecule has 0 aliphatic rings. The zero-order valence-corrected chi connectivity index (χ0v) is 7.00. The first-order chi connectivity index (χ1) is 5.65. The average molecular weight is 161 g/mol. The van der Waals surface area contributed by atoms with Crippen molar-refractivity contribution in [3.05, 3.63) is 35.9 Å². The van der Waals surface area contributed by atoms with Crippen molar-refractivity contribution in [1.82, 2.24) is 0 Å². The van der Waals surface area contributed by atoms with Crippen LogP contribution >= 0.6 is 0 Å². The van der Waals surface area contributed by atoms with Crippen LogP contribution in [0.25, 0.3) is 6.08 Å². The van der Waals surface area contributed by atoms with Gasteiger partial charge in [0.25, 0.3) is 0 Å². The van der Waals surface area contributed by atoms with Gasteiger partial charge in [-0.3, -0.25) is 4.79 Å². The number of benzene rings is 1. The summed E-state index contributed by atoms with van der Waals surface area (Å²) in [5.74, 6) is 0.0253. The Balaban J connectivity index is 3.18. The summed E-state index contributed by atoms with van der Waals surface area (Å²) >= 11 is 0. The molecule has 0 heterocycles. The van der Waals surface area contributed by atoms with Crippen LogP contribution < -0.4 is 5.73 Å². The Morgan fingerprint density at radius 1 is 1.58 bits per heavy atom. The van der Waals surface area contributed by atoms with E-state index in [4.69, 9.17) is 5.73 Å². The molecule has 0 radical (unpaired) electrons. The van der Waals surface area contributed by atoms with Crippen molar-refractivity contribution in [3.63, 3.8) is 0 Å². The molecule has 1 rings (SSSR count). The maximum Gasteiger partial charge on any atom is 0.159 e. The van der Waals surface area contributed by atoms with Crippen LogP contribution in [0.4, 0.5) is 5.69 Å². The summed E-state index contributed by atoms with van der Waals surface area (Å²) in [7, 11) is 0. The van der Waals surface area contributed by atoms with Crippen LogP contribution in [0.1, 0.15) is 22.8 Å². The number of hydrogen-bond acceptors (Lipinski definition) is 2. The number of nitrogen functional groups attached to an aromatic ring is 1. The second-order valence-electron chi connectivity index (χ2n) is 2.60. The zero-order chi connectivity index (χ0) is 9.14. The quantitative estimate of drug-likeness (QED) is 0.533. The van der Waals surface area contributed by atoms with E-state index in [1.807, 2.05) is 0 Å². The summed E-state index contributed by atoms with van der Waals surface area (Å²) in [5.41, 5.74) is 7.74. The van der Waals surface area contributed by atoms with Crippen LogP contribution in [-0.4, -0.2) is 5.78 Å². The molecule has 12 heavy (non-hydrogen) atoms. The lowest BCUT2D eigenvalue weighted by Crippen LogP contribution is -1.96. The molecule has 2 N–H and O–H groups in total. The van der Waals surface area contributed by atoms with E-state index in [1.165, 1.54) is 6.92 Å². The van der Waals surface area contributed by atoms with Crippen LogP contribution in [-0.2, 0) is 0 Å². The highest BCUT2D eigenvalue weighted by atomic mass is 16.1. The monoisotopic (exact) mass is 161 g/mol. The van der Waals surface area contributed by atoms with E-state index in [0.717, 1.165) is 5.56 Å². The fraction of sp³-hybridized carbons (Fsp3) is 0.100. The van der Waals surface area contributed by atoms with Crippen molar-refractivity contribution in [1.29, 1.82) is 0 Å². The number of Topliss-reactive ketones (excluding diaryl/α,β-unsaturated/α-hetero) is 1. The largest absolute Gasteiger partial charge is 0.398 e. The van der Waals surface area contributed by atoms with Crippen molar-refractivity contribution in [3.8, 4) is 0 Å². The second kappa shape index (κ2) is 3.22. The predicted octanol–water partition coefficient (Wildman–Crippen LogP) is 2.11. The molecule has 62 valence electrons. The number of carbonyl (C=O) groups excluding carboxylic acids is 1. The van der Waals surface area contributed by atoms with Gasteiger partial charge >= 0.3 is 0 Å². The van der Waals surface area contributed by atoms with Gasteiger partial charge in [-0.2, -0.15) is 0 Å². The summed E-state index contributed by atoms with van der Waals surface area (Å²) in [4.78, 5) is 10.9. The molecule has 0 saturated heterocycles. The van der Waals surface area contributed by atoms with Gasteiger partial charge in [-0.15, -0.1) is 0 Å². The third kappa shape index (κ3) is 1.53. The van der Waals surface area contributed by atoms with Gasteiger partial charge in [0, 0.05) is 11.3 Å². The Bertz CT molecular complexity index is 329. The summed E-state index contributed by atoms with van der Waals surface area (Å²) < 4.78 is 0. The lowest BCUT2D eigenvalue weighted by Gasteiger charge is -2.01. The molecule has 0 spiro atoms. The van der Waals surface area contributed by atoms with Crippen molar-refractivity contribution >= 4 is 17.5 Å². The normalized spacial score (nSPS) is 9.42. The molecule has 0 fully saturated rings. The molecule has 0 unspecified atom stereocenters. The SMILES string of the molecule is C=Cc1ccc(C(C)=O)cc1N. The zero-order valence-electron chi connectivity index (χ0n) is 7.00. The van der Waals surface area contributed by atoms with Crippen LogP contribution in [0.3, 0.4) is 0 Å². The van der Waals surface area contributed by atoms with Crippen LogP contribution in [0.15, 0.2) is 24.8 Å². The van der Waals surface area contributed by atoms with E-state index in [1.54, 1.807) is 24.3 Å². The van der Waals surface area contributed by atoms with Gasteiger partial charge in [0.2, 0.25) is 0 Å². The molecule has 1 aromatic carbocycles. The van der Waals surface area contributed by atoms with Crippen LogP contribution in [0, 0.1) is 0 Å². The minimum Gasteiger partial charge on any atom is -0.398 e. The third-order valence-corrected chi connectivity index (χ3v) is 1.71. The molecule has 0 aliphatic heterocycles. The smallest absolute Gasteiger partial charge is 0.159 e. The maximum atomic E-state index is 10.9. The highest BCUT2D eigenvalue weighted by Gasteiger charge is 2.00. The number of rotatable bonds is 2. The number of hydrogen-bond donors (Lipinski definition) is 1. The van der Waals surface area contributed by atoms with E-state index in [-0.39, 0.29) is 5.78 Å². The molecule has 0 amide bonds. The van der Waals surface area contributed by atoms with E-state index in [2.05, 4.69) is 6.58 Å². The first kappa shape index (κ1) is 8.53. The van der Waals surface area contributed by atoms with Gasteiger partial charge in [-0.05, 0) is 18.6 Å². The standard InChI is InChI=1S/C10H11NO/c1-3-8-4-5-9(7(2)12)6-10(8)11/h3-6H,1,11H2,2H3. The molecule has 1 aromatic rings. The number of anilines is 1. The fourth-order valence-corrected chi connectivity index (χ4v) is 0.980. The molecule has 0 bridgehead atoms. The molecule has 0 aromatic heterocycles. The topological polar surface area (TPSA) is 43.1 Å². The van der Waals surface area contributed by atoms with Gasteiger partial charge in [0.1, 0.15) is 0 Å². The summed E-state index contributed by atoms with van der Waals surface area (Å²) in [6, 6.07) is 5.20. The Kier molecular flexibility index (Phi) is 2.29. The van der Waals surface area contributed by atoms with Gasteiger partial charge in [-0.1, -0.05) is 24.8 Å². The predicted molar refractivity (Wildman–Crippen MR) is 50.9 cm³/mol. The van der Waals surface area contributed by atoms with Crippen molar-refractivity contribution in [2.24, 2.45) is 0 Å². The van der Waals surface area contributed by atoms with E-state index < -0.39 is 0 Å². The van der Waals surface area contributed by atoms with Gasteiger partial charge in [-0.25, -0.2) is 0 Å². The van der Waals surface area contributed by atoms with Crippen molar-refractivity contribution < 1.29 is 4.79 Å². The molecule has 0 atom stereocenters. The van der Waals surface area contributed by atoms with E-state index in [9.17, 15) is 4.79 Å². The Hall–Kier alpha value is -1.57. The number of nitrogens with two attached hydrogens (primary N) is 1. The van der Waals surface area contributed by atoms with Crippen molar-refractivity contribution in [2.75, 3.05) is 5.73 Å².